The normalized spacial score (nSPS) is 15.2. The van der Waals surface area contributed by atoms with E-state index in [-0.39, 0.29) is 11.9 Å². The van der Waals surface area contributed by atoms with E-state index in [1.54, 1.807) is 27.8 Å². The van der Waals surface area contributed by atoms with Crippen molar-refractivity contribution in [3.8, 4) is 5.69 Å². The Bertz CT molecular complexity index is 797. The van der Waals surface area contributed by atoms with Gasteiger partial charge in [-0.05, 0) is 38.0 Å². The molecule has 8 heteroatoms. The molecule has 1 fully saturated rings. The van der Waals surface area contributed by atoms with Crippen LogP contribution in [0.25, 0.3) is 5.69 Å². The molecule has 2 amide bonds. The van der Waals surface area contributed by atoms with Crippen LogP contribution in [0.1, 0.15) is 18.5 Å². The molecule has 1 saturated heterocycles. The van der Waals surface area contributed by atoms with Crippen LogP contribution >= 0.6 is 11.6 Å². The number of carbonyl (C=O) groups excluding carboxylic acids is 1. The third-order valence-corrected chi connectivity index (χ3v) is 4.54. The minimum Gasteiger partial charge on any atom is -0.481 e. The standard InChI is InChI=1S/C17H19ClN4O3/c1-11-9-15(20-22(11)14-4-2-3-13(18)10-14)19-17(25)21-7-5-12(6-8-21)16(23)24/h2-4,9-10,12H,5-8H2,1H3,(H,23,24)(H,19,20,25). The molecule has 1 aromatic carbocycles. The largest absolute Gasteiger partial charge is 0.481 e. The van der Waals surface area contributed by atoms with Crippen molar-refractivity contribution in [3.63, 3.8) is 0 Å². The second-order valence-electron chi connectivity index (χ2n) is 6.09. The Labute approximate surface area is 150 Å². The number of anilines is 1. The summed E-state index contributed by atoms with van der Waals surface area (Å²) in [4.78, 5) is 25.0. The molecular weight excluding hydrogens is 344 g/mol. The second kappa shape index (κ2) is 7.14. The first-order valence-electron chi connectivity index (χ1n) is 8.05. The van der Waals surface area contributed by atoms with Crippen LogP contribution in [-0.4, -0.2) is 44.9 Å². The van der Waals surface area contributed by atoms with E-state index < -0.39 is 5.97 Å². The fraction of sp³-hybridized carbons (Fsp3) is 0.353. The fourth-order valence-corrected chi connectivity index (χ4v) is 3.11. The van der Waals surface area contributed by atoms with Gasteiger partial charge in [0.15, 0.2) is 5.82 Å². The number of hydrogen-bond donors (Lipinski definition) is 2. The van der Waals surface area contributed by atoms with E-state index in [9.17, 15) is 9.59 Å². The van der Waals surface area contributed by atoms with Crippen LogP contribution in [0.4, 0.5) is 10.6 Å². The van der Waals surface area contributed by atoms with Gasteiger partial charge < -0.3 is 10.0 Å². The number of urea groups is 1. The van der Waals surface area contributed by atoms with Crippen molar-refractivity contribution in [2.45, 2.75) is 19.8 Å². The highest BCUT2D eigenvalue weighted by Crippen LogP contribution is 2.20. The summed E-state index contributed by atoms with van der Waals surface area (Å²) in [6, 6.07) is 8.82. The maximum atomic E-state index is 12.4. The lowest BCUT2D eigenvalue weighted by molar-refractivity contribution is -0.143. The predicted octanol–water partition coefficient (Wildman–Crippen LogP) is 3.16. The maximum absolute atomic E-state index is 12.4. The summed E-state index contributed by atoms with van der Waals surface area (Å²) >= 11 is 6.01. The number of carboxylic acids is 1. The Morgan fingerprint density at radius 2 is 2.00 bits per heavy atom. The van der Waals surface area contributed by atoms with Crippen molar-refractivity contribution < 1.29 is 14.7 Å². The molecule has 0 spiro atoms. The number of aromatic nitrogens is 2. The Balaban J connectivity index is 1.67. The number of likely N-dealkylation sites (tertiary alicyclic amines) is 1. The highest BCUT2D eigenvalue weighted by Gasteiger charge is 2.27. The first-order valence-corrected chi connectivity index (χ1v) is 8.43. The van der Waals surface area contributed by atoms with Gasteiger partial charge in [-0.3, -0.25) is 10.1 Å². The number of carboxylic acid groups (broad SMARTS) is 1. The molecule has 25 heavy (non-hydrogen) atoms. The molecular formula is C17H19ClN4O3. The van der Waals surface area contributed by atoms with Gasteiger partial charge in [0.2, 0.25) is 0 Å². The lowest BCUT2D eigenvalue weighted by atomic mass is 9.97. The number of amides is 2. The average molecular weight is 363 g/mol. The quantitative estimate of drug-likeness (QED) is 0.877. The van der Waals surface area contributed by atoms with E-state index in [2.05, 4.69) is 10.4 Å². The van der Waals surface area contributed by atoms with Gasteiger partial charge in [-0.25, -0.2) is 9.48 Å². The molecule has 0 saturated carbocycles. The van der Waals surface area contributed by atoms with Gasteiger partial charge in [-0.2, -0.15) is 0 Å². The molecule has 1 aliphatic rings. The van der Waals surface area contributed by atoms with Crippen molar-refractivity contribution in [1.82, 2.24) is 14.7 Å². The molecule has 132 valence electrons. The van der Waals surface area contributed by atoms with Crippen LogP contribution < -0.4 is 5.32 Å². The van der Waals surface area contributed by atoms with E-state index in [1.165, 1.54) is 0 Å². The first-order chi connectivity index (χ1) is 11.9. The molecule has 0 unspecified atom stereocenters. The van der Waals surface area contributed by atoms with Crippen molar-refractivity contribution in [2.24, 2.45) is 5.92 Å². The molecule has 7 nitrogen and oxygen atoms in total. The molecule has 2 aromatic rings. The molecule has 2 heterocycles. The topological polar surface area (TPSA) is 87.5 Å². The van der Waals surface area contributed by atoms with Gasteiger partial charge in [0.05, 0.1) is 11.6 Å². The van der Waals surface area contributed by atoms with Gasteiger partial charge in [-0.1, -0.05) is 17.7 Å². The second-order valence-corrected chi connectivity index (χ2v) is 6.53. The number of aryl methyl sites for hydroxylation is 1. The van der Waals surface area contributed by atoms with Crippen LogP contribution in [0.3, 0.4) is 0 Å². The van der Waals surface area contributed by atoms with Crippen LogP contribution in [-0.2, 0) is 4.79 Å². The van der Waals surface area contributed by atoms with E-state index in [0.717, 1.165) is 11.4 Å². The maximum Gasteiger partial charge on any atom is 0.323 e. The Morgan fingerprint density at radius 3 is 2.64 bits per heavy atom. The highest BCUT2D eigenvalue weighted by atomic mass is 35.5. The van der Waals surface area contributed by atoms with Crippen LogP contribution in [0.2, 0.25) is 5.02 Å². The zero-order valence-corrected chi connectivity index (χ0v) is 14.5. The van der Waals surface area contributed by atoms with E-state index in [0.29, 0.717) is 36.8 Å². The molecule has 3 rings (SSSR count). The Kier molecular flexibility index (Phi) is 4.94. The minimum absolute atomic E-state index is 0.264. The third-order valence-electron chi connectivity index (χ3n) is 4.31. The molecule has 0 radical (unpaired) electrons. The monoisotopic (exact) mass is 362 g/mol. The fourth-order valence-electron chi connectivity index (χ4n) is 2.92. The summed E-state index contributed by atoms with van der Waals surface area (Å²) < 4.78 is 1.71. The number of benzene rings is 1. The van der Waals surface area contributed by atoms with E-state index in [1.807, 2.05) is 19.1 Å². The average Bonchev–Trinajstić information content (AvgIpc) is 2.95. The number of carbonyl (C=O) groups is 2. The zero-order chi connectivity index (χ0) is 18.0. The number of hydrogen-bond acceptors (Lipinski definition) is 3. The minimum atomic E-state index is -0.795. The van der Waals surface area contributed by atoms with Gasteiger partial charge in [0.1, 0.15) is 0 Å². The number of aliphatic carboxylic acids is 1. The number of rotatable bonds is 3. The summed E-state index contributed by atoms with van der Waals surface area (Å²) in [7, 11) is 0. The van der Waals surface area contributed by atoms with Gasteiger partial charge in [0.25, 0.3) is 0 Å². The van der Waals surface area contributed by atoms with Gasteiger partial charge in [-0.15, -0.1) is 5.10 Å². The Hall–Kier alpha value is -2.54. The number of nitrogens with zero attached hydrogens (tertiary/aromatic N) is 3. The highest BCUT2D eigenvalue weighted by molar-refractivity contribution is 6.30. The summed E-state index contributed by atoms with van der Waals surface area (Å²) in [6.07, 6.45) is 0.942. The number of piperidine rings is 1. The Morgan fingerprint density at radius 1 is 1.28 bits per heavy atom. The van der Waals surface area contributed by atoms with E-state index >= 15 is 0 Å². The van der Waals surface area contributed by atoms with Crippen molar-refractivity contribution >= 4 is 29.4 Å². The lowest BCUT2D eigenvalue weighted by Gasteiger charge is -2.29. The van der Waals surface area contributed by atoms with Gasteiger partial charge in [0, 0.05) is 29.9 Å². The zero-order valence-electron chi connectivity index (χ0n) is 13.8. The molecule has 0 aliphatic carbocycles. The van der Waals surface area contributed by atoms with Crippen LogP contribution in [0.5, 0.6) is 0 Å². The summed E-state index contributed by atoms with van der Waals surface area (Å²) in [5.41, 5.74) is 1.68. The third kappa shape index (κ3) is 3.93. The number of nitrogens with one attached hydrogen (secondary N) is 1. The summed E-state index contributed by atoms with van der Waals surface area (Å²) in [5.74, 6) is -0.716. The van der Waals surface area contributed by atoms with Crippen LogP contribution in [0.15, 0.2) is 30.3 Å². The first kappa shape index (κ1) is 17.3. The van der Waals surface area contributed by atoms with Crippen molar-refractivity contribution in [3.05, 3.63) is 41.0 Å². The van der Waals surface area contributed by atoms with Crippen molar-refractivity contribution in [2.75, 3.05) is 18.4 Å². The lowest BCUT2D eigenvalue weighted by Crippen LogP contribution is -2.42. The predicted molar refractivity (Wildman–Crippen MR) is 94.3 cm³/mol. The summed E-state index contributed by atoms with van der Waals surface area (Å²) in [5, 5.41) is 16.8. The number of halogens is 1. The molecule has 0 bridgehead atoms. The SMILES string of the molecule is Cc1cc(NC(=O)N2CCC(C(=O)O)CC2)nn1-c1cccc(Cl)c1. The van der Waals surface area contributed by atoms with E-state index in [4.69, 9.17) is 16.7 Å². The summed E-state index contributed by atoms with van der Waals surface area (Å²) in [6.45, 7) is 2.75. The molecule has 1 aliphatic heterocycles. The molecule has 0 atom stereocenters. The van der Waals surface area contributed by atoms with Gasteiger partial charge >= 0.3 is 12.0 Å². The van der Waals surface area contributed by atoms with Crippen molar-refractivity contribution in [1.29, 1.82) is 0 Å². The smallest absolute Gasteiger partial charge is 0.323 e. The molecule has 1 aromatic heterocycles. The molecule has 2 N–H and O–H groups in total. The van der Waals surface area contributed by atoms with Crippen LogP contribution in [0, 0.1) is 12.8 Å².